The molecule has 0 saturated heterocycles. The molecule has 0 aliphatic carbocycles. The zero-order valence-electron chi connectivity index (χ0n) is 21.3. The Balaban J connectivity index is 2.88. The number of carbonyl (C=O) groups excluding carboxylic acids is 3. The van der Waals surface area contributed by atoms with Crippen LogP contribution < -0.4 is 16.0 Å². The smallest absolute Gasteiger partial charge is 0.408 e. The molecule has 0 fully saturated rings. The molecule has 0 aliphatic heterocycles. The number of nitrogens with one attached hydrogen (secondary N) is 3. The van der Waals surface area contributed by atoms with Crippen LogP contribution in [0.15, 0.2) is 30.3 Å². The molecule has 0 spiro atoms. The van der Waals surface area contributed by atoms with Crippen molar-refractivity contribution in [1.82, 2.24) is 16.0 Å². The number of aliphatic carboxylic acids is 1. The van der Waals surface area contributed by atoms with E-state index in [1.807, 2.05) is 6.07 Å². The molecule has 0 aromatic heterocycles. The number of benzene rings is 1. The highest BCUT2D eigenvalue weighted by atomic mass is 16.6. The molecule has 0 aliphatic rings. The topological polar surface area (TPSA) is 152 Å². The van der Waals surface area contributed by atoms with Crippen LogP contribution >= 0.6 is 0 Å². The Bertz CT molecular complexity index is 862. The first-order chi connectivity index (χ1) is 16.1. The molecule has 11 nitrogen and oxygen atoms in total. The fourth-order valence-corrected chi connectivity index (χ4v) is 2.87. The molecule has 0 bridgehead atoms. The van der Waals surface area contributed by atoms with Crippen molar-refractivity contribution in [2.45, 2.75) is 84.5 Å². The number of rotatable bonds is 10. The van der Waals surface area contributed by atoms with E-state index in [-0.39, 0.29) is 6.61 Å². The van der Waals surface area contributed by atoms with E-state index < -0.39 is 60.0 Å². The van der Waals surface area contributed by atoms with Gasteiger partial charge in [0.05, 0.1) is 18.2 Å². The average Bonchev–Trinajstić information content (AvgIpc) is 2.71. The van der Waals surface area contributed by atoms with Crippen LogP contribution in [0.3, 0.4) is 0 Å². The van der Waals surface area contributed by atoms with E-state index in [0.717, 1.165) is 5.56 Å². The van der Waals surface area contributed by atoms with Crippen LogP contribution in [0.2, 0.25) is 0 Å². The van der Waals surface area contributed by atoms with Crippen molar-refractivity contribution in [2.75, 3.05) is 6.54 Å². The lowest BCUT2D eigenvalue weighted by Crippen LogP contribution is -2.59. The Morgan fingerprint density at radius 1 is 0.914 bits per heavy atom. The zero-order valence-corrected chi connectivity index (χ0v) is 21.3. The van der Waals surface area contributed by atoms with Gasteiger partial charge in [-0.25, -0.2) is 14.4 Å². The largest absolute Gasteiger partial charge is 0.480 e. The van der Waals surface area contributed by atoms with Crippen LogP contribution in [0, 0.1) is 0 Å². The summed E-state index contributed by atoms with van der Waals surface area (Å²) in [6, 6.07) is 6.21. The second-order valence-corrected chi connectivity index (χ2v) is 9.90. The fraction of sp³-hybridized carbons (Fsp3) is 0.583. The van der Waals surface area contributed by atoms with Crippen LogP contribution in [0.5, 0.6) is 0 Å². The van der Waals surface area contributed by atoms with Gasteiger partial charge in [-0.1, -0.05) is 30.3 Å². The normalized spacial score (nSPS) is 14.1. The molecule has 3 amide bonds. The summed E-state index contributed by atoms with van der Waals surface area (Å²) in [5.74, 6) is -2.21. The summed E-state index contributed by atoms with van der Waals surface area (Å²) in [6.07, 6.45) is -2.55. The highest BCUT2D eigenvalue weighted by molar-refractivity contribution is 5.90. The van der Waals surface area contributed by atoms with Crippen molar-refractivity contribution in [2.24, 2.45) is 0 Å². The summed E-state index contributed by atoms with van der Waals surface area (Å²) >= 11 is 0. The minimum absolute atomic E-state index is 0.0208. The predicted octanol–water partition coefficient (Wildman–Crippen LogP) is 2.58. The number of carbonyl (C=O) groups is 4. The molecular formula is C24H37N3O8. The Kier molecular flexibility index (Phi) is 11.0. The van der Waals surface area contributed by atoms with Gasteiger partial charge in [0, 0.05) is 0 Å². The van der Waals surface area contributed by atoms with Crippen molar-refractivity contribution in [3.63, 3.8) is 0 Å². The third-order valence-electron chi connectivity index (χ3n) is 4.24. The highest BCUT2D eigenvalue weighted by Crippen LogP contribution is 2.14. The van der Waals surface area contributed by atoms with Gasteiger partial charge in [0.25, 0.3) is 0 Å². The first-order valence-electron chi connectivity index (χ1n) is 11.2. The van der Waals surface area contributed by atoms with Gasteiger partial charge in [0.2, 0.25) is 5.91 Å². The van der Waals surface area contributed by atoms with E-state index in [1.165, 1.54) is 0 Å². The number of carboxylic acids is 1. The van der Waals surface area contributed by atoms with Gasteiger partial charge in [-0.05, 0) is 54.0 Å². The molecular weight excluding hydrogens is 458 g/mol. The van der Waals surface area contributed by atoms with E-state index >= 15 is 0 Å². The minimum atomic E-state index is -1.48. The molecule has 4 N–H and O–H groups in total. The van der Waals surface area contributed by atoms with Crippen LogP contribution in [0.1, 0.15) is 54.0 Å². The maximum Gasteiger partial charge on any atom is 0.408 e. The molecule has 0 saturated carbocycles. The Labute approximate surface area is 205 Å². The van der Waals surface area contributed by atoms with Gasteiger partial charge >= 0.3 is 18.2 Å². The molecule has 1 aromatic carbocycles. The van der Waals surface area contributed by atoms with Gasteiger partial charge < -0.3 is 35.3 Å². The van der Waals surface area contributed by atoms with Crippen molar-refractivity contribution >= 4 is 24.1 Å². The summed E-state index contributed by atoms with van der Waals surface area (Å²) in [5, 5.41) is 16.6. The maximum atomic E-state index is 13.0. The van der Waals surface area contributed by atoms with E-state index in [9.17, 15) is 24.3 Å². The third-order valence-corrected chi connectivity index (χ3v) is 4.24. The van der Waals surface area contributed by atoms with Crippen molar-refractivity contribution < 1.29 is 38.5 Å². The van der Waals surface area contributed by atoms with Gasteiger partial charge in [-0.3, -0.25) is 4.79 Å². The summed E-state index contributed by atoms with van der Waals surface area (Å²) < 4.78 is 16.1. The lowest BCUT2D eigenvalue weighted by Gasteiger charge is -2.31. The van der Waals surface area contributed by atoms with Gasteiger partial charge in [0.15, 0.2) is 0 Å². The number of alkyl carbamates (subject to hydrolysis) is 2. The van der Waals surface area contributed by atoms with Crippen LogP contribution in [0.25, 0.3) is 0 Å². The molecule has 1 unspecified atom stereocenters. The van der Waals surface area contributed by atoms with Crippen LogP contribution in [-0.2, 0) is 30.4 Å². The Hall–Kier alpha value is -3.34. The molecule has 35 heavy (non-hydrogen) atoms. The molecule has 1 rings (SSSR count). The fourth-order valence-electron chi connectivity index (χ4n) is 2.87. The Morgan fingerprint density at radius 3 is 2.03 bits per heavy atom. The summed E-state index contributed by atoms with van der Waals surface area (Å²) in [6.45, 7) is 11.4. The van der Waals surface area contributed by atoms with E-state index in [4.69, 9.17) is 14.2 Å². The van der Waals surface area contributed by atoms with Crippen LogP contribution in [0.4, 0.5) is 9.59 Å². The summed E-state index contributed by atoms with van der Waals surface area (Å²) in [7, 11) is 0. The number of amides is 3. The number of hydrogen-bond donors (Lipinski definition) is 4. The lowest BCUT2D eigenvalue weighted by molar-refractivity contribution is -0.143. The highest BCUT2D eigenvalue weighted by Gasteiger charge is 2.34. The van der Waals surface area contributed by atoms with Gasteiger partial charge in [-0.2, -0.15) is 0 Å². The predicted molar refractivity (Wildman–Crippen MR) is 128 cm³/mol. The maximum absolute atomic E-state index is 13.0. The Morgan fingerprint density at radius 2 is 1.51 bits per heavy atom. The van der Waals surface area contributed by atoms with Gasteiger partial charge in [0.1, 0.15) is 24.3 Å². The monoisotopic (exact) mass is 495 g/mol. The van der Waals surface area contributed by atoms with Gasteiger partial charge in [-0.15, -0.1) is 0 Å². The standard InChI is InChI=1S/C24H37N3O8/c1-15(34-23(2,3)4)18(27-22(32)33-14-16-11-9-8-10-12-16)19(28)26-17(20(29)30)13-25-21(31)35-24(5,6)7/h8-12,15,17-18H,13-14H2,1-7H3,(H,25,31)(H,26,28)(H,27,32)(H,29,30)/t15-,17-,18?/m0/s1. The zero-order chi connectivity index (χ0) is 26.8. The average molecular weight is 496 g/mol. The molecule has 0 heterocycles. The van der Waals surface area contributed by atoms with Crippen molar-refractivity contribution in [3.8, 4) is 0 Å². The first-order valence-corrected chi connectivity index (χ1v) is 11.2. The van der Waals surface area contributed by atoms with E-state index in [2.05, 4.69) is 16.0 Å². The third kappa shape index (κ3) is 12.6. The van der Waals surface area contributed by atoms with Crippen molar-refractivity contribution in [3.05, 3.63) is 35.9 Å². The molecule has 11 heteroatoms. The van der Waals surface area contributed by atoms with Crippen LogP contribution in [-0.4, -0.2) is 65.1 Å². The number of carboxylic acid groups (broad SMARTS) is 1. The molecule has 1 aromatic rings. The second kappa shape index (κ2) is 12.9. The summed E-state index contributed by atoms with van der Waals surface area (Å²) in [4.78, 5) is 49.0. The van der Waals surface area contributed by atoms with E-state index in [0.29, 0.717) is 0 Å². The molecule has 3 atom stereocenters. The lowest BCUT2D eigenvalue weighted by atomic mass is 10.1. The minimum Gasteiger partial charge on any atom is -0.480 e. The van der Waals surface area contributed by atoms with Crippen molar-refractivity contribution in [1.29, 1.82) is 0 Å². The first kappa shape index (κ1) is 29.7. The SMILES string of the molecule is C[C@H](OC(C)(C)C)C(NC(=O)OCc1ccccc1)C(=O)N[C@@H](CNC(=O)OC(C)(C)C)C(=O)O. The second-order valence-electron chi connectivity index (χ2n) is 9.90. The van der Waals surface area contributed by atoms with E-state index in [1.54, 1.807) is 72.7 Å². The molecule has 196 valence electrons. The number of ether oxygens (including phenoxy) is 3. The number of hydrogen-bond acceptors (Lipinski definition) is 7. The summed E-state index contributed by atoms with van der Waals surface area (Å²) in [5.41, 5.74) is -0.680. The molecule has 0 radical (unpaired) electrons. The quantitative estimate of drug-likeness (QED) is 0.386.